The summed E-state index contributed by atoms with van der Waals surface area (Å²) < 4.78 is 29.9. The van der Waals surface area contributed by atoms with Crippen LogP contribution in [0.5, 0.6) is 23.0 Å². The van der Waals surface area contributed by atoms with Gasteiger partial charge in [-0.1, -0.05) is 29.0 Å². The molecule has 0 saturated heterocycles. The zero-order valence-electron chi connectivity index (χ0n) is 24.1. The topological polar surface area (TPSA) is 97.6 Å². The number of benzene rings is 2. The van der Waals surface area contributed by atoms with Gasteiger partial charge in [0.15, 0.2) is 27.8 Å². The number of fused-ring (bicyclic) bond motifs is 1. The van der Waals surface area contributed by atoms with Gasteiger partial charge in [0.05, 0.1) is 60.4 Å². The van der Waals surface area contributed by atoms with E-state index in [1.54, 1.807) is 51.3 Å². The lowest BCUT2D eigenvalue weighted by atomic mass is 9.95. The lowest BCUT2D eigenvalue weighted by Gasteiger charge is -2.25. The summed E-state index contributed by atoms with van der Waals surface area (Å²) in [6.07, 6.45) is 1.65. The largest absolute Gasteiger partial charge is 0.493 e. The molecule has 0 aliphatic carbocycles. The Balaban J connectivity index is 1.93. The zero-order valence-corrected chi connectivity index (χ0v) is 25.6. The first-order valence-corrected chi connectivity index (χ1v) is 14.4. The highest BCUT2D eigenvalue weighted by atomic mass is 35.5. The standard InChI is InChI=1S/C30H33ClN2O7S/c1-8-38-27-20(31)12-18(13-23(27)37-7)14-24-28(34)33-26(19-10-11-21(40-16(3)4)22(15-19)36-6)25(29(35)39-9-2)17(5)32-30(33)41-24/h10-16,26H,8-9H2,1-7H3/b24-14-/t26-/m0/s1. The van der Waals surface area contributed by atoms with Crippen LogP contribution in [0.15, 0.2) is 51.4 Å². The van der Waals surface area contributed by atoms with Crippen molar-refractivity contribution in [2.24, 2.45) is 4.99 Å². The van der Waals surface area contributed by atoms with Gasteiger partial charge in [0.25, 0.3) is 5.56 Å². The Labute approximate surface area is 247 Å². The third-order valence-electron chi connectivity index (χ3n) is 6.22. The number of methoxy groups -OCH3 is 2. The first-order valence-electron chi connectivity index (χ1n) is 13.2. The molecule has 0 amide bonds. The third-order valence-corrected chi connectivity index (χ3v) is 7.49. The smallest absolute Gasteiger partial charge is 0.338 e. The van der Waals surface area contributed by atoms with Crippen molar-refractivity contribution in [3.8, 4) is 23.0 Å². The Morgan fingerprint density at radius 1 is 1.10 bits per heavy atom. The summed E-state index contributed by atoms with van der Waals surface area (Å²) in [4.78, 5) is 32.3. The maximum absolute atomic E-state index is 14.0. The van der Waals surface area contributed by atoms with Crippen molar-refractivity contribution in [2.75, 3.05) is 27.4 Å². The van der Waals surface area contributed by atoms with E-state index in [-0.39, 0.29) is 23.8 Å². The fourth-order valence-electron chi connectivity index (χ4n) is 4.57. The van der Waals surface area contributed by atoms with E-state index >= 15 is 0 Å². The van der Waals surface area contributed by atoms with Crippen LogP contribution in [0.1, 0.15) is 51.8 Å². The molecule has 0 saturated carbocycles. The third kappa shape index (κ3) is 6.13. The average molecular weight is 601 g/mol. The molecule has 1 atom stereocenters. The van der Waals surface area contributed by atoms with E-state index in [1.807, 2.05) is 26.8 Å². The van der Waals surface area contributed by atoms with Crippen LogP contribution in [-0.4, -0.2) is 44.1 Å². The van der Waals surface area contributed by atoms with Gasteiger partial charge in [-0.05, 0) is 76.1 Å². The second-order valence-corrected chi connectivity index (χ2v) is 10.8. The first kappa shape index (κ1) is 30.2. The van der Waals surface area contributed by atoms with Crippen LogP contribution in [0.2, 0.25) is 5.02 Å². The summed E-state index contributed by atoms with van der Waals surface area (Å²) in [5, 5.41) is 0.361. The van der Waals surface area contributed by atoms with E-state index in [9.17, 15) is 9.59 Å². The summed E-state index contributed by atoms with van der Waals surface area (Å²) in [6, 6.07) is 8.02. The molecule has 0 unspecified atom stereocenters. The predicted octanol–water partition coefficient (Wildman–Crippen LogP) is 4.65. The molecule has 0 N–H and O–H groups in total. The number of allylic oxidation sites excluding steroid dienone is 1. The number of ether oxygens (including phenoxy) is 5. The van der Waals surface area contributed by atoms with Crippen LogP contribution in [0.3, 0.4) is 0 Å². The van der Waals surface area contributed by atoms with Crippen LogP contribution in [0, 0.1) is 0 Å². The number of esters is 1. The molecule has 1 aliphatic rings. The minimum atomic E-state index is -0.798. The van der Waals surface area contributed by atoms with Crippen molar-refractivity contribution in [3.05, 3.63) is 77.4 Å². The van der Waals surface area contributed by atoms with E-state index in [1.165, 1.54) is 23.0 Å². The number of halogens is 1. The Bertz CT molecular complexity index is 1670. The van der Waals surface area contributed by atoms with E-state index in [2.05, 4.69) is 4.99 Å². The molecule has 0 bridgehead atoms. The molecule has 0 spiro atoms. The van der Waals surface area contributed by atoms with Gasteiger partial charge in [-0.15, -0.1) is 0 Å². The number of hydrogen-bond donors (Lipinski definition) is 0. The number of thiazole rings is 1. The van der Waals surface area contributed by atoms with E-state index < -0.39 is 12.0 Å². The van der Waals surface area contributed by atoms with Gasteiger partial charge in [-0.3, -0.25) is 9.36 Å². The Kier molecular flexibility index (Phi) is 9.45. The van der Waals surface area contributed by atoms with Crippen molar-refractivity contribution in [3.63, 3.8) is 0 Å². The Morgan fingerprint density at radius 3 is 2.46 bits per heavy atom. The summed E-state index contributed by atoms with van der Waals surface area (Å²) in [5.74, 6) is 1.37. The second kappa shape index (κ2) is 12.8. The molecular formula is C30H33ClN2O7S. The molecule has 3 aromatic rings. The minimum Gasteiger partial charge on any atom is -0.493 e. The van der Waals surface area contributed by atoms with Crippen molar-refractivity contribution in [1.29, 1.82) is 0 Å². The molecule has 11 heteroatoms. The number of rotatable bonds is 10. The van der Waals surface area contributed by atoms with Crippen molar-refractivity contribution >= 4 is 35.0 Å². The molecule has 4 rings (SSSR count). The zero-order chi connectivity index (χ0) is 29.8. The molecule has 0 fully saturated rings. The van der Waals surface area contributed by atoms with E-state index in [4.69, 9.17) is 35.3 Å². The Hall–Kier alpha value is -3.76. The maximum atomic E-state index is 14.0. The second-order valence-electron chi connectivity index (χ2n) is 9.35. The quantitative estimate of drug-likeness (QED) is 0.312. The van der Waals surface area contributed by atoms with E-state index in [0.717, 1.165) is 0 Å². The number of carbonyl (C=O) groups excluding carboxylic acids is 1. The highest BCUT2D eigenvalue weighted by molar-refractivity contribution is 7.07. The minimum absolute atomic E-state index is 0.0700. The monoisotopic (exact) mass is 600 g/mol. The van der Waals surface area contributed by atoms with Gasteiger partial charge < -0.3 is 23.7 Å². The number of nitrogens with zero attached hydrogens (tertiary/aromatic N) is 2. The van der Waals surface area contributed by atoms with E-state index in [0.29, 0.717) is 60.8 Å². The number of hydrogen-bond acceptors (Lipinski definition) is 9. The number of carbonyl (C=O) groups is 1. The van der Waals surface area contributed by atoms with Crippen LogP contribution < -0.4 is 33.8 Å². The van der Waals surface area contributed by atoms with Crippen LogP contribution >= 0.6 is 22.9 Å². The molecular weight excluding hydrogens is 568 g/mol. The normalized spacial score (nSPS) is 15.0. The molecule has 9 nitrogen and oxygen atoms in total. The van der Waals surface area contributed by atoms with Gasteiger partial charge in [0.2, 0.25) is 0 Å². The summed E-state index contributed by atoms with van der Waals surface area (Å²) in [6.45, 7) is 9.76. The fourth-order valence-corrected chi connectivity index (χ4v) is 5.89. The van der Waals surface area contributed by atoms with Gasteiger partial charge in [0, 0.05) is 0 Å². The predicted molar refractivity (Wildman–Crippen MR) is 158 cm³/mol. The van der Waals surface area contributed by atoms with Gasteiger partial charge in [0.1, 0.15) is 0 Å². The van der Waals surface area contributed by atoms with Gasteiger partial charge in [-0.25, -0.2) is 9.79 Å². The van der Waals surface area contributed by atoms with Crippen molar-refractivity contribution in [1.82, 2.24) is 4.57 Å². The lowest BCUT2D eigenvalue weighted by molar-refractivity contribution is -0.139. The SMILES string of the molecule is CCOC(=O)C1=C(C)N=c2s/c(=C\c3cc(Cl)c(OCC)c(OC)c3)c(=O)n2[C@H]1c1ccc(OC(C)C)c(OC)c1. The summed E-state index contributed by atoms with van der Waals surface area (Å²) in [7, 11) is 3.07. The maximum Gasteiger partial charge on any atom is 0.338 e. The van der Waals surface area contributed by atoms with Crippen molar-refractivity contribution in [2.45, 2.75) is 46.8 Å². The lowest BCUT2D eigenvalue weighted by Crippen LogP contribution is -2.40. The summed E-state index contributed by atoms with van der Waals surface area (Å²) >= 11 is 7.69. The van der Waals surface area contributed by atoms with Crippen molar-refractivity contribution < 1.29 is 28.5 Å². The number of aromatic nitrogens is 1. The molecule has 2 aromatic carbocycles. The fraction of sp³-hybridized carbons (Fsp3) is 0.367. The average Bonchev–Trinajstić information content (AvgIpc) is 3.23. The van der Waals surface area contributed by atoms with Crippen LogP contribution in [0.4, 0.5) is 0 Å². The highest BCUT2D eigenvalue weighted by Gasteiger charge is 2.34. The molecule has 1 aliphatic heterocycles. The molecule has 41 heavy (non-hydrogen) atoms. The summed E-state index contributed by atoms with van der Waals surface area (Å²) in [5.41, 5.74) is 1.72. The highest BCUT2D eigenvalue weighted by Crippen LogP contribution is 2.38. The molecule has 218 valence electrons. The molecule has 0 radical (unpaired) electrons. The van der Waals surface area contributed by atoms with Gasteiger partial charge in [-0.2, -0.15) is 0 Å². The van der Waals surface area contributed by atoms with Crippen LogP contribution in [-0.2, 0) is 9.53 Å². The molecule has 1 aromatic heterocycles. The van der Waals surface area contributed by atoms with Crippen LogP contribution in [0.25, 0.3) is 6.08 Å². The molecule has 2 heterocycles. The van der Waals surface area contributed by atoms with Gasteiger partial charge >= 0.3 is 5.97 Å². The Morgan fingerprint density at radius 2 is 1.83 bits per heavy atom. The first-order chi connectivity index (χ1) is 19.6.